The van der Waals surface area contributed by atoms with Gasteiger partial charge in [-0.2, -0.15) is 0 Å². The third-order valence-corrected chi connectivity index (χ3v) is 4.74. The van der Waals surface area contributed by atoms with Crippen molar-refractivity contribution < 1.29 is 9.47 Å². The van der Waals surface area contributed by atoms with Crippen LogP contribution in [0, 0.1) is 0 Å². The SMILES string of the molecule is CC1(CNc2nc(CCCN3CCOCC3)cc(=O)[nH]2)CCCO1. The van der Waals surface area contributed by atoms with E-state index in [0.29, 0.717) is 12.5 Å². The Kier molecular flexibility index (Phi) is 5.86. The molecule has 0 spiro atoms. The van der Waals surface area contributed by atoms with Gasteiger partial charge in [-0.1, -0.05) is 0 Å². The molecule has 7 heteroatoms. The molecule has 7 nitrogen and oxygen atoms in total. The molecular weight excluding hydrogens is 308 g/mol. The molecule has 2 N–H and O–H groups in total. The Morgan fingerprint density at radius 2 is 2.21 bits per heavy atom. The summed E-state index contributed by atoms with van der Waals surface area (Å²) in [6, 6.07) is 1.60. The summed E-state index contributed by atoms with van der Waals surface area (Å²) >= 11 is 0. The Labute approximate surface area is 142 Å². The molecule has 1 aromatic heterocycles. The van der Waals surface area contributed by atoms with Crippen molar-refractivity contribution in [1.29, 1.82) is 0 Å². The van der Waals surface area contributed by atoms with Crippen molar-refractivity contribution in [1.82, 2.24) is 14.9 Å². The number of aromatic nitrogens is 2. The minimum absolute atomic E-state index is 0.105. The maximum absolute atomic E-state index is 11.9. The maximum Gasteiger partial charge on any atom is 0.252 e. The van der Waals surface area contributed by atoms with Crippen molar-refractivity contribution in [2.75, 3.05) is 51.3 Å². The zero-order chi connectivity index (χ0) is 16.8. The standard InChI is InChI=1S/C17H28N4O3/c1-17(5-3-9-24-17)13-18-16-19-14(12-15(22)20-16)4-2-6-21-7-10-23-11-8-21/h12H,2-11,13H2,1H3,(H2,18,19,20,22). The molecule has 0 amide bonds. The first-order chi connectivity index (χ1) is 11.6. The van der Waals surface area contributed by atoms with Gasteiger partial charge in [-0.05, 0) is 39.2 Å². The van der Waals surface area contributed by atoms with E-state index in [0.717, 1.165) is 70.8 Å². The van der Waals surface area contributed by atoms with Gasteiger partial charge in [-0.3, -0.25) is 14.7 Å². The first-order valence-electron chi connectivity index (χ1n) is 8.91. The lowest BCUT2D eigenvalue weighted by atomic mass is 10.0. The number of H-pyrrole nitrogens is 1. The first-order valence-corrected chi connectivity index (χ1v) is 8.91. The average Bonchev–Trinajstić information content (AvgIpc) is 3.01. The van der Waals surface area contributed by atoms with Crippen LogP contribution < -0.4 is 10.9 Å². The highest BCUT2D eigenvalue weighted by Crippen LogP contribution is 2.24. The Bertz CT molecular complexity index is 577. The normalized spacial score (nSPS) is 25.0. The van der Waals surface area contributed by atoms with Gasteiger partial charge in [0.2, 0.25) is 5.95 Å². The second kappa shape index (κ2) is 8.09. The number of anilines is 1. The van der Waals surface area contributed by atoms with Crippen molar-refractivity contribution in [3.63, 3.8) is 0 Å². The molecular formula is C17H28N4O3. The van der Waals surface area contributed by atoms with Crippen LogP contribution in [0.3, 0.4) is 0 Å². The predicted molar refractivity (Wildman–Crippen MR) is 92.5 cm³/mol. The van der Waals surface area contributed by atoms with Crippen molar-refractivity contribution in [2.24, 2.45) is 0 Å². The number of nitrogens with one attached hydrogen (secondary N) is 2. The second-order valence-corrected chi connectivity index (χ2v) is 6.90. The smallest absolute Gasteiger partial charge is 0.252 e. The van der Waals surface area contributed by atoms with Crippen molar-refractivity contribution in [2.45, 2.75) is 38.2 Å². The van der Waals surface area contributed by atoms with Gasteiger partial charge in [0.1, 0.15) is 0 Å². The summed E-state index contributed by atoms with van der Waals surface area (Å²) in [6.45, 7) is 8.21. The van der Waals surface area contributed by atoms with Gasteiger partial charge in [-0.25, -0.2) is 4.98 Å². The van der Waals surface area contributed by atoms with Gasteiger partial charge in [0.25, 0.3) is 5.56 Å². The highest BCUT2D eigenvalue weighted by atomic mass is 16.5. The molecule has 1 unspecified atom stereocenters. The minimum Gasteiger partial charge on any atom is -0.379 e. The lowest BCUT2D eigenvalue weighted by Gasteiger charge is -2.26. The Balaban J connectivity index is 1.50. The van der Waals surface area contributed by atoms with E-state index < -0.39 is 0 Å². The Morgan fingerprint density at radius 1 is 1.38 bits per heavy atom. The topological polar surface area (TPSA) is 79.5 Å². The largest absolute Gasteiger partial charge is 0.379 e. The first kappa shape index (κ1) is 17.4. The third kappa shape index (κ3) is 5.03. The lowest BCUT2D eigenvalue weighted by molar-refractivity contribution is 0.0314. The number of aromatic amines is 1. The molecule has 24 heavy (non-hydrogen) atoms. The third-order valence-electron chi connectivity index (χ3n) is 4.74. The van der Waals surface area contributed by atoms with Crippen LogP contribution in [0.15, 0.2) is 10.9 Å². The van der Waals surface area contributed by atoms with Crippen LogP contribution in [0.5, 0.6) is 0 Å². The highest BCUT2D eigenvalue weighted by Gasteiger charge is 2.29. The van der Waals surface area contributed by atoms with Gasteiger partial charge in [-0.15, -0.1) is 0 Å². The van der Waals surface area contributed by atoms with E-state index in [1.807, 2.05) is 0 Å². The summed E-state index contributed by atoms with van der Waals surface area (Å²) < 4.78 is 11.1. The van der Waals surface area contributed by atoms with Crippen LogP contribution in [0.2, 0.25) is 0 Å². The average molecular weight is 336 g/mol. The van der Waals surface area contributed by atoms with Crippen molar-refractivity contribution in [3.05, 3.63) is 22.1 Å². The fourth-order valence-corrected chi connectivity index (χ4v) is 3.28. The summed E-state index contributed by atoms with van der Waals surface area (Å²) in [7, 11) is 0. The van der Waals surface area contributed by atoms with Crippen LogP contribution in [0.4, 0.5) is 5.95 Å². The number of ether oxygens (including phenoxy) is 2. The van der Waals surface area contributed by atoms with E-state index in [1.165, 1.54) is 0 Å². The summed E-state index contributed by atoms with van der Waals surface area (Å²) in [5.74, 6) is 0.542. The Hall–Kier alpha value is -1.44. The molecule has 2 aliphatic rings. The van der Waals surface area contributed by atoms with E-state index in [9.17, 15) is 4.79 Å². The fraction of sp³-hybridized carbons (Fsp3) is 0.765. The number of morpholine rings is 1. The van der Waals surface area contributed by atoms with E-state index in [2.05, 4.69) is 27.1 Å². The van der Waals surface area contributed by atoms with Crippen LogP contribution in [0.25, 0.3) is 0 Å². The van der Waals surface area contributed by atoms with E-state index in [4.69, 9.17) is 9.47 Å². The molecule has 3 rings (SSSR count). The quantitative estimate of drug-likeness (QED) is 0.774. The molecule has 2 aliphatic heterocycles. The molecule has 2 saturated heterocycles. The maximum atomic E-state index is 11.9. The summed E-state index contributed by atoms with van der Waals surface area (Å²) in [5.41, 5.74) is 0.573. The fourth-order valence-electron chi connectivity index (χ4n) is 3.28. The summed E-state index contributed by atoms with van der Waals surface area (Å²) in [6.07, 6.45) is 3.92. The molecule has 134 valence electrons. The minimum atomic E-state index is -0.162. The predicted octanol–water partition coefficient (Wildman–Crippen LogP) is 1.02. The van der Waals surface area contributed by atoms with E-state index in [-0.39, 0.29) is 11.2 Å². The second-order valence-electron chi connectivity index (χ2n) is 6.90. The van der Waals surface area contributed by atoms with Crippen LogP contribution in [0.1, 0.15) is 31.9 Å². The van der Waals surface area contributed by atoms with Gasteiger partial charge in [0.15, 0.2) is 0 Å². The zero-order valence-corrected chi connectivity index (χ0v) is 14.5. The molecule has 1 aromatic rings. The number of aryl methyl sites for hydroxylation is 1. The molecule has 3 heterocycles. The molecule has 0 saturated carbocycles. The lowest BCUT2D eigenvalue weighted by Crippen LogP contribution is -2.37. The van der Waals surface area contributed by atoms with Crippen LogP contribution in [-0.4, -0.2) is 66.5 Å². The monoisotopic (exact) mass is 336 g/mol. The Morgan fingerprint density at radius 3 is 2.96 bits per heavy atom. The van der Waals surface area contributed by atoms with Gasteiger partial charge in [0, 0.05) is 38.0 Å². The summed E-state index contributed by atoms with van der Waals surface area (Å²) in [5, 5.41) is 3.23. The molecule has 0 aliphatic carbocycles. The molecule has 0 aromatic carbocycles. The number of nitrogens with zero attached hydrogens (tertiary/aromatic N) is 2. The van der Waals surface area contributed by atoms with Gasteiger partial charge >= 0.3 is 0 Å². The number of hydrogen-bond donors (Lipinski definition) is 2. The molecule has 0 bridgehead atoms. The number of hydrogen-bond acceptors (Lipinski definition) is 6. The van der Waals surface area contributed by atoms with E-state index >= 15 is 0 Å². The van der Waals surface area contributed by atoms with Crippen molar-refractivity contribution >= 4 is 5.95 Å². The molecule has 2 fully saturated rings. The highest BCUT2D eigenvalue weighted by molar-refractivity contribution is 5.26. The molecule has 0 radical (unpaired) electrons. The van der Waals surface area contributed by atoms with Crippen LogP contribution >= 0.6 is 0 Å². The zero-order valence-electron chi connectivity index (χ0n) is 14.5. The van der Waals surface area contributed by atoms with Crippen LogP contribution in [-0.2, 0) is 15.9 Å². The number of rotatable bonds is 7. The van der Waals surface area contributed by atoms with Gasteiger partial charge in [0.05, 0.1) is 18.8 Å². The van der Waals surface area contributed by atoms with E-state index in [1.54, 1.807) is 6.07 Å². The molecule has 1 atom stereocenters. The van der Waals surface area contributed by atoms with Crippen molar-refractivity contribution in [3.8, 4) is 0 Å². The van der Waals surface area contributed by atoms with Gasteiger partial charge < -0.3 is 14.8 Å². The summed E-state index contributed by atoms with van der Waals surface area (Å²) in [4.78, 5) is 21.6.